The zero-order chi connectivity index (χ0) is 24.1. The highest BCUT2D eigenvalue weighted by Gasteiger charge is 2.21. The van der Waals surface area contributed by atoms with Gasteiger partial charge in [0.05, 0.1) is 11.3 Å². The minimum atomic E-state index is -3.89. The Labute approximate surface area is 200 Å². The fourth-order valence-electron chi connectivity index (χ4n) is 3.21. The summed E-state index contributed by atoms with van der Waals surface area (Å²) in [4.78, 5) is 25.1. The van der Waals surface area contributed by atoms with E-state index in [4.69, 9.17) is 4.74 Å². The average molecular weight is 496 g/mol. The zero-order valence-corrected chi connectivity index (χ0v) is 19.7. The van der Waals surface area contributed by atoms with E-state index in [0.29, 0.717) is 5.75 Å². The molecule has 3 aromatic carbocycles. The van der Waals surface area contributed by atoms with Crippen LogP contribution < -0.4 is 20.3 Å². The molecule has 4 rings (SSSR count). The molecule has 4 aromatic rings. The van der Waals surface area contributed by atoms with Gasteiger partial charge in [-0.1, -0.05) is 42.5 Å². The summed E-state index contributed by atoms with van der Waals surface area (Å²) in [6, 6.07) is 20.7. The molecule has 10 heteroatoms. The molecule has 2 amide bonds. The molecule has 8 nitrogen and oxygen atoms in total. The van der Waals surface area contributed by atoms with Gasteiger partial charge in [-0.15, -0.1) is 11.3 Å². The first kappa shape index (κ1) is 23.3. The number of hydrogen-bond donors (Lipinski definition) is 3. The lowest BCUT2D eigenvalue weighted by Gasteiger charge is -2.14. The maximum atomic E-state index is 12.9. The first-order chi connectivity index (χ1) is 16.3. The Kier molecular flexibility index (Phi) is 6.80. The highest BCUT2D eigenvalue weighted by molar-refractivity contribution is 7.94. The van der Waals surface area contributed by atoms with Crippen LogP contribution in [-0.4, -0.2) is 26.8 Å². The van der Waals surface area contributed by atoms with E-state index < -0.39 is 21.8 Å². The summed E-state index contributed by atoms with van der Waals surface area (Å²) in [5.74, 6) is -0.726. The van der Waals surface area contributed by atoms with Crippen molar-refractivity contribution in [2.45, 2.75) is 11.1 Å². The molecule has 34 heavy (non-hydrogen) atoms. The van der Waals surface area contributed by atoms with E-state index in [9.17, 15) is 18.0 Å². The second-order valence-corrected chi connectivity index (χ2v) is 10.2. The van der Waals surface area contributed by atoms with Crippen LogP contribution in [0.15, 0.2) is 82.4 Å². The maximum absolute atomic E-state index is 12.9. The van der Waals surface area contributed by atoms with Gasteiger partial charge in [-0.05, 0) is 59.0 Å². The van der Waals surface area contributed by atoms with Crippen molar-refractivity contribution in [2.75, 3.05) is 11.3 Å². The Morgan fingerprint density at radius 2 is 1.68 bits per heavy atom. The normalized spacial score (nSPS) is 11.1. The first-order valence-corrected chi connectivity index (χ1v) is 12.6. The number of thiophene rings is 1. The van der Waals surface area contributed by atoms with Gasteiger partial charge in [-0.25, -0.2) is 8.42 Å². The second kappa shape index (κ2) is 9.94. The molecule has 0 aliphatic heterocycles. The molecule has 0 atom stereocenters. The molecule has 1 heterocycles. The van der Waals surface area contributed by atoms with Crippen molar-refractivity contribution in [1.29, 1.82) is 0 Å². The molecular formula is C24H21N3O5S2. The predicted octanol–water partition coefficient (Wildman–Crippen LogP) is 3.85. The molecule has 0 radical (unpaired) electrons. The lowest BCUT2D eigenvalue weighted by atomic mass is 10.0. The van der Waals surface area contributed by atoms with Gasteiger partial charge in [0, 0.05) is 0 Å². The summed E-state index contributed by atoms with van der Waals surface area (Å²) < 4.78 is 33.6. The van der Waals surface area contributed by atoms with Crippen molar-refractivity contribution in [3.63, 3.8) is 0 Å². The number of nitrogens with one attached hydrogen (secondary N) is 3. The van der Waals surface area contributed by atoms with Gasteiger partial charge < -0.3 is 4.74 Å². The Hall–Kier alpha value is -3.89. The SMILES string of the molecule is Cc1cccc(OCC(=O)NNC(=O)c2cc3ccccc3cc2NS(=O)(=O)c2cccs2)c1. The zero-order valence-electron chi connectivity index (χ0n) is 18.1. The third kappa shape index (κ3) is 5.53. The van der Waals surface area contributed by atoms with Gasteiger partial charge in [0.1, 0.15) is 9.96 Å². The second-order valence-electron chi connectivity index (χ2n) is 7.39. The Bertz CT molecular complexity index is 1450. The summed E-state index contributed by atoms with van der Waals surface area (Å²) >= 11 is 1.06. The van der Waals surface area contributed by atoms with E-state index in [1.165, 1.54) is 6.07 Å². The van der Waals surface area contributed by atoms with Crippen molar-refractivity contribution in [3.8, 4) is 5.75 Å². The van der Waals surface area contributed by atoms with Crippen molar-refractivity contribution in [2.24, 2.45) is 0 Å². The minimum absolute atomic E-state index is 0.0544. The van der Waals surface area contributed by atoms with Gasteiger partial charge in [-0.2, -0.15) is 0 Å². The number of hydrazine groups is 1. The smallest absolute Gasteiger partial charge is 0.276 e. The number of fused-ring (bicyclic) bond motifs is 1. The van der Waals surface area contributed by atoms with Crippen LogP contribution in [0, 0.1) is 6.92 Å². The quantitative estimate of drug-likeness (QED) is 0.337. The lowest BCUT2D eigenvalue weighted by molar-refractivity contribution is -0.123. The van der Waals surface area contributed by atoms with Gasteiger partial charge in [0.25, 0.3) is 21.8 Å². The molecule has 0 aliphatic rings. The molecular weight excluding hydrogens is 474 g/mol. The third-order valence-electron chi connectivity index (χ3n) is 4.81. The number of amides is 2. The largest absolute Gasteiger partial charge is 0.484 e. The van der Waals surface area contributed by atoms with Crippen LogP contribution in [0.5, 0.6) is 5.75 Å². The number of carbonyl (C=O) groups excluding carboxylic acids is 2. The lowest BCUT2D eigenvalue weighted by Crippen LogP contribution is -2.44. The van der Waals surface area contributed by atoms with Gasteiger partial charge >= 0.3 is 0 Å². The topological polar surface area (TPSA) is 114 Å². The van der Waals surface area contributed by atoms with Crippen molar-refractivity contribution in [3.05, 3.63) is 89.3 Å². The monoisotopic (exact) mass is 495 g/mol. The number of carbonyl (C=O) groups is 2. The van der Waals surface area contributed by atoms with E-state index >= 15 is 0 Å². The number of anilines is 1. The predicted molar refractivity (Wildman–Crippen MR) is 131 cm³/mol. The van der Waals surface area contributed by atoms with Crippen LogP contribution in [0.4, 0.5) is 5.69 Å². The standard InChI is InChI=1S/C24H21N3O5S2/c1-16-6-4-9-19(12-16)32-15-22(28)25-26-24(29)20-13-17-7-2-3-8-18(17)14-21(20)27-34(30,31)23-10-5-11-33-23/h2-14,27H,15H2,1H3,(H,25,28)(H,26,29). The third-order valence-corrected chi connectivity index (χ3v) is 7.57. The molecule has 0 saturated carbocycles. The molecule has 0 saturated heterocycles. The maximum Gasteiger partial charge on any atom is 0.276 e. The Morgan fingerprint density at radius 1 is 0.912 bits per heavy atom. The van der Waals surface area contributed by atoms with Crippen LogP contribution in [0.2, 0.25) is 0 Å². The summed E-state index contributed by atoms with van der Waals surface area (Å²) in [7, 11) is -3.89. The minimum Gasteiger partial charge on any atom is -0.484 e. The fourth-order valence-corrected chi connectivity index (χ4v) is 5.27. The molecule has 3 N–H and O–H groups in total. The summed E-state index contributed by atoms with van der Waals surface area (Å²) in [5, 5.41) is 3.14. The number of ether oxygens (including phenoxy) is 1. The molecule has 0 aliphatic carbocycles. The number of benzene rings is 3. The van der Waals surface area contributed by atoms with E-state index in [-0.39, 0.29) is 22.1 Å². The molecule has 0 fully saturated rings. The van der Waals surface area contributed by atoms with Crippen molar-refractivity contribution >= 4 is 49.6 Å². The summed E-state index contributed by atoms with van der Waals surface area (Å²) in [6.07, 6.45) is 0. The van der Waals surface area contributed by atoms with Gasteiger partial charge in [-0.3, -0.25) is 25.2 Å². The molecule has 0 bridgehead atoms. The molecule has 174 valence electrons. The van der Waals surface area contributed by atoms with Crippen LogP contribution in [0.25, 0.3) is 10.8 Å². The van der Waals surface area contributed by atoms with Crippen LogP contribution >= 0.6 is 11.3 Å². The van der Waals surface area contributed by atoms with Crippen molar-refractivity contribution in [1.82, 2.24) is 10.9 Å². The summed E-state index contributed by atoms with van der Waals surface area (Å²) in [5.41, 5.74) is 5.75. The fraction of sp³-hybridized carbons (Fsp3) is 0.0833. The van der Waals surface area contributed by atoms with E-state index in [2.05, 4.69) is 15.6 Å². The highest BCUT2D eigenvalue weighted by Crippen LogP contribution is 2.27. The van der Waals surface area contributed by atoms with Crippen molar-refractivity contribution < 1.29 is 22.7 Å². The number of rotatable bonds is 7. The highest BCUT2D eigenvalue weighted by atomic mass is 32.2. The van der Waals surface area contributed by atoms with Crippen LogP contribution in [0.1, 0.15) is 15.9 Å². The van der Waals surface area contributed by atoms with E-state index in [0.717, 1.165) is 27.7 Å². The summed E-state index contributed by atoms with van der Waals surface area (Å²) in [6.45, 7) is 1.60. The first-order valence-electron chi connectivity index (χ1n) is 10.2. The van der Waals surface area contributed by atoms with Crippen LogP contribution in [-0.2, 0) is 14.8 Å². The Morgan fingerprint density at radius 3 is 2.38 bits per heavy atom. The molecule has 0 spiro atoms. The van der Waals surface area contributed by atoms with E-state index in [1.807, 2.05) is 37.3 Å². The average Bonchev–Trinajstić information content (AvgIpc) is 3.37. The van der Waals surface area contributed by atoms with Gasteiger partial charge in [0.15, 0.2) is 6.61 Å². The van der Waals surface area contributed by atoms with E-state index in [1.54, 1.807) is 41.8 Å². The number of aryl methyl sites for hydroxylation is 1. The number of sulfonamides is 1. The molecule has 0 unspecified atom stereocenters. The Balaban J connectivity index is 1.50. The number of hydrogen-bond acceptors (Lipinski definition) is 6. The molecule has 1 aromatic heterocycles. The van der Waals surface area contributed by atoms with Crippen LogP contribution in [0.3, 0.4) is 0 Å². The van der Waals surface area contributed by atoms with Gasteiger partial charge in [0.2, 0.25) is 0 Å².